The molecule has 0 saturated heterocycles. The molecule has 0 spiro atoms. The standard InChI is InChI=1S/C13H20N2O2/c1-17-11-6-7-13(14-8-11)15-12-5-3-2-4-10(12)9-16/h6-8,10,12,16H,2-5,9H2,1H3,(H,14,15). The van der Waals surface area contributed by atoms with Crippen LogP contribution < -0.4 is 10.1 Å². The zero-order valence-corrected chi connectivity index (χ0v) is 10.2. The van der Waals surface area contributed by atoms with Crippen LogP contribution in [0.1, 0.15) is 25.7 Å². The second-order valence-corrected chi connectivity index (χ2v) is 4.56. The molecule has 2 unspecified atom stereocenters. The van der Waals surface area contributed by atoms with Crippen LogP contribution in [0.5, 0.6) is 5.75 Å². The smallest absolute Gasteiger partial charge is 0.137 e. The average Bonchev–Trinajstić information content (AvgIpc) is 2.40. The summed E-state index contributed by atoms with van der Waals surface area (Å²) in [5.74, 6) is 1.97. The van der Waals surface area contributed by atoms with Crippen molar-refractivity contribution in [1.29, 1.82) is 0 Å². The van der Waals surface area contributed by atoms with Gasteiger partial charge in [-0.3, -0.25) is 0 Å². The third kappa shape index (κ3) is 3.09. The maximum absolute atomic E-state index is 9.34. The van der Waals surface area contributed by atoms with E-state index < -0.39 is 0 Å². The molecular formula is C13H20N2O2. The molecule has 4 heteroatoms. The van der Waals surface area contributed by atoms with E-state index in [1.807, 2.05) is 12.1 Å². The zero-order valence-electron chi connectivity index (χ0n) is 10.2. The molecule has 2 atom stereocenters. The molecule has 0 radical (unpaired) electrons. The van der Waals surface area contributed by atoms with E-state index in [9.17, 15) is 5.11 Å². The van der Waals surface area contributed by atoms with E-state index in [0.717, 1.165) is 24.4 Å². The first-order valence-electron chi connectivity index (χ1n) is 6.21. The minimum Gasteiger partial charge on any atom is -0.495 e. The minimum atomic E-state index is 0.258. The van der Waals surface area contributed by atoms with Crippen molar-refractivity contribution >= 4 is 5.82 Å². The Morgan fingerprint density at radius 3 is 2.88 bits per heavy atom. The second kappa shape index (κ2) is 5.87. The van der Waals surface area contributed by atoms with Crippen LogP contribution in [0.25, 0.3) is 0 Å². The molecule has 4 nitrogen and oxygen atoms in total. The predicted molar refractivity (Wildman–Crippen MR) is 67.2 cm³/mol. The first-order chi connectivity index (χ1) is 8.33. The summed E-state index contributed by atoms with van der Waals surface area (Å²) in [6, 6.07) is 4.16. The van der Waals surface area contributed by atoms with Gasteiger partial charge in [0.15, 0.2) is 0 Å². The van der Waals surface area contributed by atoms with Crippen molar-refractivity contribution in [2.75, 3.05) is 19.0 Å². The monoisotopic (exact) mass is 236 g/mol. The fraction of sp³-hybridized carbons (Fsp3) is 0.615. The zero-order chi connectivity index (χ0) is 12.1. The molecule has 0 aromatic carbocycles. The van der Waals surface area contributed by atoms with Crippen LogP contribution >= 0.6 is 0 Å². The lowest BCUT2D eigenvalue weighted by Gasteiger charge is -2.31. The molecule has 1 aromatic heterocycles. The van der Waals surface area contributed by atoms with E-state index in [1.165, 1.54) is 12.8 Å². The summed E-state index contributed by atoms with van der Waals surface area (Å²) in [6.07, 6.45) is 6.37. The molecule has 2 rings (SSSR count). The number of hydrogen-bond donors (Lipinski definition) is 2. The van der Waals surface area contributed by atoms with Gasteiger partial charge in [0.2, 0.25) is 0 Å². The highest BCUT2D eigenvalue weighted by molar-refractivity contribution is 5.38. The summed E-state index contributed by atoms with van der Waals surface area (Å²) < 4.78 is 5.07. The normalized spacial score (nSPS) is 24.4. The molecule has 1 aromatic rings. The van der Waals surface area contributed by atoms with Crippen LogP contribution in [0.15, 0.2) is 18.3 Å². The molecule has 0 amide bonds. The highest BCUT2D eigenvalue weighted by Gasteiger charge is 2.24. The van der Waals surface area contributed by atoms with Crippen LogP contribution in [0, 0.1) is 5.92 Å². The van der Waals surface area contributed by atoms with Crippen molar-refractivity contribution in [1.82, 2.24) is 4.98 Å². The Morgan fingerprint density at radius 1 is 1.41 bits per heavy atom. The number of ether oxygens (including phenoxy) is 1. The van der Waals surface area contributed by atoms with E-state index >= 15 is 0 Å². The van der Waals surface area contributed by atoms with Gasteiger partial charge in [-0.05, 0) is 25.0 Å². The lowest BCUT2D eigenvalue weighted by molar-refractivity contribution is 0.178. The highest BCUT2D eigenvalue weighted by Crippen LogP contribution is 2.26. The Bertz CT molecular complexity index is 340. The van der Waals surface area contributed by atoms with E-state index in [0.29, 0.717) is 12.0 Å². The third-order valence-electron chi connectivity index (χ3n) is 3.45. The summed E-state index contributed by atoms with van der Waals surface area (Å²) in [4.78, 5) is 4.29. The van der Waals surface area contributed by atoms with Gasteiger partial charge in [-0.1, -0.05) is 12.8 Å². The van der Waals surface area contributed by atoms with Crippen molar-refractivity contribution in [3.63, 3.8) is 0 Å². The molecule has 1 heterocycles. The lowest BCUT2D eigenvalue weighted by Crippen LogP contribution is -2.34. The number of nitrogens with one attached hydrogen (secondary N) is 1. The molecule has 1 saturated carbocycles. The maximum atomic E-state index is 9.34. The van der Waals surface area contributed by atoms with Crippen LogP contribution in [0.3, 0.4) is 0 Å². The van der Waals surface area contributed by atoms with Crippen molar-refractivity contribution in [2.45, 2.75) is 31.7 Å². The van der Waals surface area contributed by atoms with Gasteiger partial charge in [-0.25, -0.2) is 4.98 Å². The minimum absolute atomic E-state index is 0.258. The van der Waals surface area contributed by atoms with Gasteiger partial charge in [0.1, 0.15) is 11.6 Å². The summed E-state index contributed by atoms with van der Waals surface area (Å²) >= 11 is 0. The van der Waals surface area contributed by atoms with E-state index in [1.54, 1.807) is 13.3 Å². The largest absolute Gasteiger partial charge is 0.495 e. The van der Waals surface area contributed by atoms with E-state index in [-0.39, 0.29) is 6.61 Å². The summed E-state index contributed by atoms with van der Waals surface area (Å²) in [5, 5.41) is 12.7. The highest BCUT2D eigenvalue weighted by atomic mass is 16.5. The predicted octanol–water partition coefficient (Wildman–Crippen LogP) is 2.05. The van der Waals surface area contributed by atoms with Gasteiger partial charge in [-0.15, -0.1) is 0 Å². The molecule has 2 N–H and O–H groups in total. The SMILES string of the molecule is COc1ccc(NC2CCCCC2CO)nc1. The Labute approximate surface area is 102 Å². The van der Waals surface area contributed by atoms with Crippen molar-refractivity contribution in [2.24, 2.45) is 5.92 Å². The Hall–Kier alpha value is -1.29. The molecule has 1 aliphatic carbocycles. The number of aliphatic hydroxyl groups excluding tert-OH is 1. The number of aromatic nitrogens is 1. The number of pyridine rings is 1. The van der Waals surface area contributed by atoms with Crippen molar-refractivity contribution < 1.29 is 9.84 Å². The van der Waals surface area contributed by atoms with Gasteiger partial charge < -0.3 is 15.2 Å². The number of nitrogens with zero attached hydrogens (tertiary/aromatic N) is 1. The Balaban J connectivity index is 1.98. The van der Waals surface area contributed by atoms with Gasteiger partial charge in [0, 0.05) is 18.6 Å². The first-order valence-corrected chi connectivity index (χ1v) is 6.21. The van der Waals surface area contributed by atoms with E-state index in [2.05, 4.69) is 10.3 Å². The number of methoxy groups -OCH3 is 1. The van der Waals surface area contributed by atoms with Crippen molar-refractivity contribution in [3.05, 3.63) is 18.3 Å². The maximum Gasteiger partial charge on any atom is 0.137 e. The first kappa shape index (κ1) is 12.2. The quantitative estimate of drug-likeness (QED) is 0.840. The molecular weight excluding hydrogens is 216 g/mol. The van der Waals surface area contributed by atoms with Gasteiger partial charge in [0.25, 0.3) is 0 Å². The fourth-order valence-corrected chi connectivity index (χ4v) is 2.39. The topological polar surface area (TPSA) is 54.4 Å². The summed E-state index contributed by atoms with van der Waals surface area (Å²) in [7, 11) is 1.63. The second-order valence-electron chi connectivity index (χ2n) is 4.56. The average molecular weight is 236 g/mol. The Morgan fingerprint density at radius 2 is 2.24 bits per heavy atom. The summed E-state index contributed by atoms with van der Waals surface area (Å²) in [5.41, 5.74) is 0. The lowest BCUT2D eigenvalue weighted by atomic mass is 9.85. The third-order valence-corrected chi connectivity index (χ3v) is 3.45. The van der Waals surface area contributed by atoms with Gasteiger partial charge in [0.05, 0.1) is 13.3 Å². The van der Waals surface area contributed by atoms with Crippen LogP contribution in [0.2, 0.25) is 0 Å². The van der Waals surface area contributed by atoms with Crippen LogP contribution in [-0.2, 0) is 0 Å². The van der Waals surface area contributed by atoms with Gasteiger partial charge in [-0.2, -0.15) is 0 Å². The van der Waals surface area contributed by atoms with Crippen LogP contribution in [-0.4, -0.2) is 29.8 Å². The van der Waals surface area contributed by atoms with Gasteiger partial charge >= 0.3 is 0 Å². The van der Waals surface area contributed by atoms with Crippen LogP contribution in [0.4, 0.5) is 5.82 Å². The van der Waals surface area contributed by atoms with Crippen molar-refractivity contribution in [3.8, 4) is 5.75 Å². The number of anilines is 1. The number of hydrogen-bond acceptors (Lipinski definition) is 4. The molecule has 0 aliphatic heterocycles. The van der Waals surface area contributed by atoms with E-state index in [4.69, 9.17) is 4.74 Å². The number of rotatable bonds is 4. The molecule has 1 aliphatic rings. The fourth-order valence-electron chi connectivity index (χ4n) is 2.39. The summed E-state index contributed by atoms with van der Waals surface area (Å²) in [6.45, 7) is 0.258. The molecule has 17 heavy (non-hydrogen) atoms. The molecule has 1 fully saturated rings. The molecule has 94 valence electrons. The number of aliphatic hydroxyl groups is 1. The molecule has 0 bridgehead atoms. The Kier molecular flexibility index (Phi) is 4.20.